The number of thioether (sulfide) groups is 1. The van der Waals surface area contributed by atoms with Crippen molar-refractivity contribution in [2.24, 2.45) is 5.10 Å². The Morgan fingerprint density at radius 2 is 1.70 bits per heavy atom. The quantitative estimate of drug-likeness (QED) is 0.719. The number of halogens is 1. The van der Waals surface area contributed by atoms with Gasteiger partial charge in [0.1, 0.15) is 5.82 Å². The molecule has 1 aliphatic rings. The van der Waals surface area contributed by atoms with Crippen molar-refractivity contribution in [2.75, 3.05) is 0 Å². The molecule has 23 heavy (non-hydrogen) atoms. The summed E-state index contributed by atoms with van der Waals surface area (Å²) in [4.78, 5) is 0. The van der Waals surface area contributed by atoms with Gasteiger partial charge in [-0.15, -0.1) is 10.2 Å². The van der Waals surface area contributed by atoms with E-state index in [2.05, 4.69) is 17.1 Å². The van der Waals surface area contributed by atoms with E-state index in [1.807, 2.05) is 30.3 Å². The summed E-state index contributed by atoms with van der Waals surface area (Å²) in [7, 11) is 0. The van der Waals surface area contributed by atoms with Crippen LogP contribution >= 0.6 is 11.8 Å². The summed E-state index contributed by atoms with van der Waals surface area (Å²) in [5, 5.41) is 14.1. The average Bonchev–Trinajstić information content (AvgIpc) is 2.98. The van der Waals surface area contributed by atoms with Crippen molar-refractivity contribution < 1.29 is 4.39 Å². The maximum Gasteiger partial charge on any atom is 0.213 e. The van der Waals surface area contributed by atoms with Crippen LogP contribution in [0.1, 0.15) is 12.5 Å². The Hall–Kier alpha value is -2.47. The second-order valence-electron chi connectivity index (χ2n) is 5.24. The first-order valence-corrected chi connectivity index (χ1v) is 8.12. The number of aromatic nitrogens is 3. The molecule has 0 radical (unpaired) electrons. The van der Waals surface area contributed by atoms with Crippen LogP contribution in [0.25, 0.3) is 11.4 Å². The molecule has 2 heterocycles. The molecule has 0 saturated carbocycles. The zero-order valence-corrected chi connectivity index (χ0v) is 13.2. The zero-order valence-electron chi connectivity index (χ0n) is 12.3. The Labute approximate surface area is 137 Å². The van der Waals surface area contributed by atoms with Crippen LogP contribution in [0.3, 0.4) is 0 Å². The lowest BCUT2D eigenvalue weighted by Gasteiger charge is -2.19. The first kappa shape index (κ1) is 14.1. The van der Waals surface area contributed by atoms with Gasteiger partial charge in [0.25, 0.3) is 0 Å². The maximum absolute atomic E-state index is 13.1. The SMILES string of the molecule is C[C@@H]1Sc2nnc(-c3ccc(F)cc3)n2N=C1c1ccccc1. The van der Waals surface area contributed by atoms with Gasteiger partial charge < -0.3 is 0 Å². The number of benzene rings is 2. The molecular weight excluding hydrogens is 311 g/mol. The van der Waals surface area contributed by atoms with E-state index < -0.39 is 0 Å². The summed E-state index contributed by atoms with van der Waals surface area (Å²) < 4.78 is 14.9. The van der Waals surface area contributed by atoms with Gasteiger partial charge in [0, 0.05) is 5.56 Å². The van der Waals surface area contributed by atoms with Gasteiger partial charge in [-0.05, 0) is 36.8 Å². The van der Waals surface area contributed by atoms with E-state index in [1.165, 1.54) is 12.1 Å². The van der Waals surface area contributed by atoms with Gasteiger partial charge >= 0.3 is 0 Å². The molecule has 0 N–H and O–H groups in total. The standard InChI is InChI=1S/C17H13FN4S/c1-11-15(12-5-3-2-4-6-12)21-22-16(19-20-17(22)23-11)13-7-9-14(18)10-8-13/h2-11H,1H3/t11-/m0/s1. The molecule has 0 unspecified atom stereocenters. The molecule has 1 atom stereocenters. The minimum absolute atomic E-state index is 0.190. The van der Waals surface area contributed by atoms with E-state index in [0.29, 0.717) is 5.82 Å². The fraction of sp³-hybridized carbons (Fsp3) is 0.118. The van der Waals surface area contributed by atoms with Gasteiger partial charge in [-0.25, -0.2) is 4.39 Å². The van der Waals surface area contributed by atoms with Crippen LogP contribution in [-0.2, 0) is 0 Å². The monoisotopic (exact) mass is 324 g/mol. The van der Waals surface area contributed by atoms with Crippen molar-refractivity contribution >= 4 is 17.5 Å². The zero-order chi connectivity index (χ0) is 15.8. The molecule has 4 nitrogen and oxygen atoms in total. The van der Waals surface area contributed by atoms with Gasteiger partial charge in [0.05, 0.1) is 11.0 Å². The predicted molar refractivity (Wildman–Crippen MR) is 89.1 cm³/mol. The van der Waals surface area contributed by atoms with Crippen LogP contribution in [0.15, 0.2) is 64.9 Å². The minimum atomic E-state index is -0.274. The molecule has 0 spiro atoms. The molecule has 114 valence electrons. The average molecular weight is 324 g/mol. The molecule has 1 aliphatic heterocycles. The number of fused-ring (bicyclic) bond motifs is 1. The second kappa shape index (κ2) is 5.62. The van der Waals surface area contributed by atoms with Crippen molar-refractivity contribution in [2.45, 2.75) is 17.3 Å². The fourth-order valence-corrected chi connectivity index (χ4v) is 3.44. The minimum Gasteiger partial charge on any atom is -0.207 e. The molecule has 0 fully saturated rings. The molecule has 0 aliphatic carbocycles. The molecule has 4 rings (SSSR count). The van der Waals surface area contributed by atoms with E-state index in [9.17, 15) is 4.39 Å². The Bertz CT molecular complexity index is 871. The Balaban J connectivity index is 1.83. The lowest BCUT2D eigenvalue weighted by molar-refractivity contribution is 0.628. The molecular formula is C17H13FN4S. The first-order valence-electron chi connectivity index (χ1n) is 7.24. The van der Waals surface area contributed by atoms with Gasteiger partial charge in [-0.2, -0.15) is 9.78 Å². The van der Waals surface area contributed by atoms with Gasteiger partial charge in [0.2, 0.25) is 5.16 Å². The van der Waals surface area contributed by atoms with E-state index >= 15 is 0 Å². The summed E-state index contributed by atoms with van der Waals surface area (Å²) in [6, 6.07) is 16.3. The number of nitrogens with zero attached hydrogens (tertiary/aromatic N) is 4. The third-order valence-electron chi connectivity index (χ3n) is 3.66. The van der Waals surface area contributed by atoms with Crippen LogP contribution < -0.4 is 0 Å². The van der Waals surface area contributed by atoms with Gasteiger partial charge in [-0.3, -0.25) is 0 Å². The number of hydrogen-bond acceptors (Lipinski definition) is 4. The molecule has 0 saturated heterocycles. The van der Waals surface area contributed by atoms with Gasteiger partial charge in [0.15, 0.2) is 5.82 Å². The van der Waals surface area contributed by atoms with Crippen LogP contribution in [0.5, 0.6) is 0 Å². The van der Waals surface area contributed by atoms with Crippen molar-refractivity contribution in [3.8, 4) is 11.4 Å². The normalized spacial score (nSPS) is 16.8. The number of rotatable bonds is 2. The van der Waals surface area contributed by atoms with E-state index in [-0.39, 0.29) is 11.1 Å². The van der Waals surface area contributed by atoms with Gasteiger partial charge in [-0.1, -0.05) is 42.1 Å². The molecule has 3 aromatic rings. The Morgan fingerprint density at radius 1 is 0.957 bits per heavy atom. The third-order valence-corrected chi connectivity index (χ3v) is 4.70. The Morgan fingerprint density at radius 3 is 2.43 bits per heavy atom. The van der Waals surface area contributed by atoms with E-state index in [4.69, 9.17) is 5.10 Å². The van der Waals surface area contributed by atoms with Crippen LogP contribution in [-0.4, -0.2) is 25.8 Å². The molecule has 0 bridgehead atoms. The summed E-state index contributed by atoms with van der Waals surface area (Å²) >= 11 is 1.62. The van der Waals surface area contributed by atoms with Crippen molar-refractivity contribution in [3.63, 3.8) is 0 Å². The largest absolute Gasteiger partial charge is 0.213 e. The lowest BCUT2D eigenvalue weighted by atomic mass is 10.1. The highest BCUT2D eigenvalue weighted by atomic mass is 32.2. The van der Waals surface area contributed by atoms with Crippen molar-refractivity contribution in [3.05, 3.63) is 66.0 Å². The van der Waals surface area contributed by atoms with Crippen LogP contribution in [0, 0.1) is 5.82 Å². The second-order valence-corrected chi connectivity index (χ2v) is 6.54. The number of hydrogen-bond donors (Lipinski definition) is 0. The maximum atomic E-state index is 13.1. The fourth-order valence-electron chi connectivity index (χ4n) is 2.51. The van der Waals surface area contributed by atoms with Crippen LogP contribution in [0.4, 0.5) is 4.39 Å². The highest BCUT2D eigenvalue weighted by Gasteiger charge is 2.26. The third kappa shape index (κ3) is 2.55. The molecule has 0 amide bonds. The lowest BCUT2D eigenvalue weighted by Crippen LogP contribution is -2.21. The van der Waals surface area contributed by atoms with E-state index in [1.54, 1.807) is 28.6 Å². The first-order chi connectivity index (χ1) is 11.2. The molecule has 2 aromatic carbocycles. The highest BCUT2D eigenvalue weighted by molar-refractivity contribution is 8.00. The molecule has 1 aromatic heterocycles. The van der Waals surface area contributed by atoms with Crippen molar-refractivity contribution in [1.29, 1.82) is 0 Å². The van der Waals surface area contributed by atoms with Crippen molar-refractivity contribution in [1.82, 2.24) is 14.9 Å². The smallest absolute Gasteiger partial charge is 0.207 e. The summed E-state index contributed by atoms with van der Waals surface area (Å²) in [6.45, 7) is 2.10. The summed E-state index contributed by atoms with van der Waals surface area (Å²) in [5.74, 6) is 0.344. The Kier molecular flexibility index (Phi) is 3.46. The predicted octanol–water partition coefficient (Wildman–Crippen LogP) is 3.83. The summed E-state index contributed by atoms with van der Waals surface area (Å²) in [5.41, 5.74) is 2.85. The molecule has 6 heteroatoms. The summed E-state index contributed by atoms with van der Waals surface area (Å²) in [6.07, 6.45) is 0. The van der Waals surface area contributed by atoms with Crippen LogP contribution in [0.2, 0.25) is 0 Å². The van der Waals surface area contributed by atoms with E-state index in [0.717, 1.165) is 22.0 Å². The highest BCUT2D eigenvalue weighted by Crippen LogP contribution is 2.32. The topological polar surface area (TPSA) is 43.1 Å².